The molecule has 2 aromatic heterocycles. The lowest BCUT2D eigenvalue weighted by Gasteiger charge is -2.13. The van der Waals surface area contributed by atoms with E-state index in [1.807, 2.05) is 0 Å². The first-order valence-corrected chi connectivity index (χ1v) is 7.05. The van der Waals surface area contributed by atoms with Crippen LogP contribution in [-0.2, 0) is 6.18 Å². The standard InChI is InChI=1S/C16H11F3N4O2/c17-16(18,19)10-4-1-2-5-11(10)20-13-7-8-14(23-22-13)21-15(24)12-6-3-9-25-12/h1-9H,(H,20,22)(H,21,23,24). The molecule has 2 N–H and O–H groups in total. The van der Waals surface area contributed by atoms with Gasteiger partial charge in [0.2, 0.25) is 0 Å². The molecule has 0 bridgehead atoms. The summed E-state index contributed by atoms with van der Waals surface area (Å²) in [5, 5.41) is 12.5. The van der Waals surface area contributed by atoms with Crippen molar-refractivity contribution < 1.29 is 22.4 Å². The minimum atomic E-state index is -4.49. The Bertz CT molecular complexity index is 862. The lowest BCUT2D eigenvalue weighted by molar-refractivity contribution is -0.136. The molecule has 0 unspecified atom stereocenters. The number of alkyl halides is 3. The Kier molecular flexibility index (Phi) is 4.38. The maximum absolute atomic E-state index is 13.0. The number of furan rings is 1. The van der Waals surface area contributed by atoms with Crippen molar-refractivity contribution in [3.8, 4) is 0 Å². The van der Waals surface area contributed by atoms with Crippen molar-refractivity contribution >= 4 is 23.2 Å². The summed E-state index contributed by atoms with van der Waals surface area (Å²) in [5.74, 6) is -0.172. The van der Waals surface area contributed by atoms with Crippen molar-refractivity contribution in [1.82, 2.24) is 10.2 Å². The molecule has 2 heterocycles. The van der Waals surface area contributed by atoms with Crippen LogP contribution in [0.5, 0.6) is 0 Å². The highest BCUT2D eigenvalue weighted by Crippen LogP contribution is 2.35. The number of rotatable bonds is 4. The predicted molar refractivity (Wildman–Crippen MR) is 83.4 cm³/mol. The van der Waals surface area contributed by atoms with Gasteiger partial charge in [-0.3, -0.25) is 4.79 Å². The number of amides is 1. The van der Waals surface area contributed by atoms with Crippen molar-refractivity contribution in [2.24, 2.45) is 0 Å². The van der Waals surface area contributed by atoms with Crippen LogP contribution in [0, 0.1) is 0 Å². The third kappa shape index (κ3) is 3.94. The molecule has 0 saturated carbocycles. The second-order valence-corrected chi connectivity index (χ2v) is 4.90. The minimum absolute atomic E-state index is 0.100. The highest BCUT2D eigenvalue weighted by atomic mass is 19.4. The zero-order valence-electron chi connectivity index (χ0n) is 12.5. The molecule has 0 radical (unpaired) electrons. The summed E-state index contributed by atoms with van der Waals surface area (Å²) < 4.78 is 43.8. The van der Waals surface area contributed by atoms with E-state index < -0.39 is 17.6 Å². The summed E-state index contributed by atoms with van der Waals surface area (Å²) in [7, 11) is 0. The van der Waals surface area contributed by atoms with Crippen molar-refractivity contribution in [3.05, 3.63) is 66.1 Å². The van der Waals surface area contributed by atoms with Gasteiger partial charge in [-0.05, 0) is 36.4 Å². The Balaban J connectivity index is 1.73. The van der Waals surface area contributed by atoms with Gasteiger partial charge in [0.15, 0.2) is 17.4 Å². The van der Waals surface area contributed by atoms with Crippen molar-refractivity contribution in [2.75, 3.05) is 10.6 Å². The normalized spacial score (nSPS) is 11.2. The first-order valence-electron chi connectivity index (χ1n) is 7.05. The van der Waals surface area contributed by atoms with Crippen molar-refractivity contribution in [3.63, 3.8) is 0 Å². The SMILES string of the molecule is O=C(Nc1ccc(Nc2ccccc2C(F)(F)F)nn1)c1ccco1. The summed E-state index contributed by atoms with van der Waals surface area (Å²) in [6.07, 6.45) is -3.14. The molecule has 1 amide bonds. The first kappa shape index (κ1) is 16.5. The molecule has 0 saturated heterocycles. The Labute approximate surface area is 139 Å². The Morgan fingerprint density at radius 3 is 2.32 bits per heavy atom. The Morgan fingerprint density at radius 1 is 0.960 bits per heavy atom. The molecule has 0 spiro atoms. The van der Waals surface area contributed by atoms with Crippen LogP contribution >= 0.6 is 0 Å². The molecular weight excluding hydrogens is 337 g/mol. The zero-order chi connectivity index (χ0) is 17.9. The van der Waals surface area contributed by atoms with E-state index in [0.717, 1.165) is 6.07 Å². The van der Waals surface area contributed by atoms with E-state index in [-0.39, 0.29) is 23.1 Å². The fourth-order valence-corrected chi connectivity index (χ4v) is 2.03. The van der Waals surface area contributed by atoms with Crippen molar-refractivity contribution in [1.29, 1.82) is 0 Å². The molecule has 0 aliphatic carbocycles. The summed E-state index contributed by atoms with van der Waals surface area (Å²) >= 11 is 0. The number of anilines is 3. The zero-order valence-corrected chi connectivity index (χ0v) is 12.5. The molecular formula is C16H11F3N4O2. The number of halogens is 3. The molecule has 6 nitrogen and oxygen atoms in total. The van der Waals surface area contributed by atoms with Gasteiger partial charge >= 0.3 is 6.18 Å². The number of carbonyl (C=O) groups excluding carboxylic acids is 1. The summed E-state index contributed by atoms with van der Waals surface area (Å²) in [5.41, 5.74) is -0.955. The van der Waals surface area contributed by atoms with E-state index >= 15 is 0 Å². The van der Waals surface area contributed by atoms with Crippen LogP contribution in [0.25, 0.3) is 0 Å². The van der Waals surface area contributed by atoms with Crippen LogP contribution in [0.2, 0.25) is 0 Å². The van der Waals surface area contributed by atoms with Gasteiger partial charge in [0.05, 0.1) is 17.5 Å². The van der Waals surface area contributed by atoms with E-state index in [2.05, 4.69) is 20.8 Å². The molecule has 25 heavy (non-hydrogen) atoms. The van der Waals surface area contributed by atoms with Crippen molar-refractivity contribution in [2.45, 2.75) is 6.18 Å². The van der Waals surface area contributed by atoms with Crippen LogP contribution < -0.4 is 10.6 Å². The highest BCUT2D eigenvalue weighted by molar-refractivity contribution is 6.01. The molecule has 0 aliphatic rings. The molecule has 3 rings (SSSR count). The number of benzene rings is 1. The molecule has 0 fully saturated rings. The Morgan fingerprint density at radius 2 is 1.68 bits per heavy atom. The van der Waals surface area contributed by atoms with Gasteiger partial charge in [-0.2, -0.15) is 13.2 Å². The molecule has 9 heteroatoms. The number of hydrogen-bond donors (Lipinski definition) is 2. The summed E-state index contributed by atoms with van der Waals surface area (Å²) in [4.78, 5) is 11.8. The number of nitrogens with zero attached hydrogens (tertiary/aromatic N) is 2. The maximum Gasteiger partial charge on any atom is 0.418 e. The van der Waals surface area contributed by atoms with E-state index in [1.165, 1.54) is 42.7 Å². The van der Waals surface area contributed by atoms with Crippen LogP contribution in [0.3, 0.4) is 0 Å². The molecule has 128 valence electrons. The van der Waals surface area contributed by atoms with Crippen LogP contribution in [0.4, 0.5) is 30.5 Å². The third-order valence-corrected chi connectivity index (χ3v) is 3.15. The second-order valence-electron chi connectivity index (χ2n) is 4.90. The average molecular weight is 348 g/mol. The van der Waals surface area contributed by atoms with Gasteiger partial charge in [0.25, 0.3) is 5.91 Å². The van der Waals surface area contributed by atoms with Crippen LogP contribution in [0.15, 0.2) is 59.2 Å². The first-order chi connectivity index (χ1) is 11.9. The fraction of sp³-hybridized carbons (Fsp3) is 0.0625. The largest absolute Gasteiger partial charge is 0.459 e. The summed E-state index contributed by atoms with van der Waals surface area (Å²) in [6, 6.07) is 10.9. The lowest BCUT2D eigenvalue weighted by Crippen LogP contribution is -2.13. The lowest BCUT2D eigenvalue weighted by atomic mass is 10.1. The molecule has 0 aliphatic heterocycles. The third-order valence-electron chi connectivity index (χ3n) is 3.15. The number of aromatic nitrogens is 2. The predicted octanol–water partition coefficient (Wildman–Crippen LogP) is 4.08. The van der Waals surface area contributed by atoms with Gasteiger partial charge in [-0.1, -0.05) is 12.1 Å². The average Bonchev–Trinajstić information content (AvgIpc) is 3.11. The van der Waals surface area contributed by atoms with Gasteiger partial charge in [0.1, 0.15) is 0 Å². The Hall–Kier alpha value is -3.36. The van der Waals surface area contributed by atoms with Gasteiger partial charge in [-0.15, -0.1) is 10.2 Å². The second kappa shape index (κ2) is 6.63. The van der Waals surface area contributed by atoms with Gasteiger partial charge in [0, 0.05) is 0 Å². The molecule has 1 aromatic carbocycles. The van der Waals surface area contributed by atoms with Gasteiger partial charge < -0.3 is 15.1 Å². The monoisotopic (exact) mass is 348 g/mol. The topological polar surface area (TPSA) is 80.0 Å². The van der Waals surface area contributed by atoms with E-state index in [9.17, 15) is 18.0 Å². The molecule has 0 atom stereocenters. The maximum atomic E-state index is 13.0. The smallest absolute Gasteiger partial charge is 0.418 e. The fourth-order valence-electron chi connectivity index (χ4n) is 2.03. The molecule has 3 aromatic rings. The van der Waals surface area contributed by atoms with Crippen LogP contribution in [-0.4, -0.2) is 16.1 Å². The summed E-state index contributed by atoms with van der Waals surface area (Å²) in [6.45, 7) is 0. The van der Waals surface area contributed by atoms with Gasteiger partial charge in [-0.25, -0.2) is 0 Å². The quantitative estimate of drug-likeness (QED) is 0.742. The van der Waals surface area contributed by atoms with E-state index in [0.29, 0.717) is 0 Å². The highest BCUT2D eigenvalue weighted by Gasteiger charge is 2.33. The number of nitrogens with one attached hydrogen (secondary N) is 2. The number of hydrogen-bond acceptors (Lipinski definition) is 5. The van der Waals surface area contributed by atoms with Crippen LogP contribution in [0.1, 0.15) is 16.1 Å². The number of para-hydroxylation sites is 1. The van der Waals surface area contributed by atoms with E-state index in [4.69, 9.17) is 4.42 Å². The number of carbonyl (C=O) groups is 1. The minimum Gasteiger partial charge on any atom is -0.459 e. The van der Waals surface area contributed by atoms with E-state index in [1.54, 1.807) is 6.07 Å².